The molecule has 2 aromatic heterocycles. The quantitative estimate of drug-likeness (QED) is 0.513. The second-order valence-electron chi connectivity index (χ2n) is 8.48. The first kappa shape index (κ1) is 22.8. The number of hydrogen-bond donors (Lipinski definition) is 0. The number of unbranched alkanes of at least 4 members (excludes halogenated alkanes) is 1. The van der Waals surface area contributed by atoms with Crippen LogP contribution in [0.25, 0.3) is 5.82 Å². The number of carbonyl (C=O) groups is 1. The van der Waals surface area contributed by atoms with Crippen molar-refractivity contribution in [2.75, 3.05) is 37.7 Å². The molecule has 1 amide bonds. The first-order valence-electron chi connectivity index (χ1n) is 11.6. The number of hydrogen-bond acceptors (Lipinski definition) is 6. The molecule has 0 atom stereocenters. The number of ether oxygens (including phenoxy) is 1. The van der Waals surface area contributed by atoms with Crippen molar-refractivity contribution in [2.24, 2.45) is 0 Å². The fourth-order valence-corrected chi connectivity index (χ4v) is 4.02. The van der Waals surface area contributed by atoms with Crippen LogP contribution in [-0.4, -0.2) is 63.3 Å². The molecular formula is C25H32N6O2. The summed E-state index contributed by atoms with van der Waals surface area (Å²) in [4.78, 5) is 26.3. The smallest absolute Gasteiger partial charge is 0.253 e. The number of piperazine rings is 1. The number of aryl methyl sites for hydroxylation is 3. The van der Waals surface area contributed by atoms with Crippen molar-refractivity contribution in [1.29, 1.82) is 0 Å². The van der Waals surface area contributed by atoms with Crippen molar-refractivity contribution in [1.82, 2.24) is 24.6 Å². The zero-order valence-electron chi connectivity index (χ0n) is 19.9. The Morgan fingerprint density at radius 1 is 0.970 bits per heavy atom. The molecule has 1 saturated heterocycles. The number of rotatable bonds is 7. The minimum atomic E-state index is 0.0527. The lowest BCUT2D eigenvalue weighted by Gasteiger charge is -2.35. The second kappa shape index (κ2) is 10.0. The van der Waals surface area contributed by atoms with Gasteiger partial charge in [-0.2, -0.15) is 5.10 Å². The molecule has 4 rings (SSSR count). The van der Waals surface area contributed by atoms with Crippen molar-refractivity contribution in [3.63, 3.8) is 0 Å². The van der Waals surface area contributed by atoms with E-state index in [9.17, 15) is 4.79 Å². The molecule has 0 N–H and O–H groups in total. The molecule has 0 bridgehead atoms. The number of benzene rings is 1. The number of amides is 1. The number of aromatic nitrogens is 4. The highest BCUT2D eigenvalue weighted by atomic mass is 16.5. The van der Waals surface area contributed by atoms with Crippen molar-refractivity contribution >= 4 is 11.7 Å². The second-order valence-corrected chi connectivity index (χ2v) is 8.48. The highest BCUT2D eigenvalue weighted by Gasteiger charge is 2.24. The molecule has 174 valence electrons. The third-order valence-corrected chi connectivity index (χ3v) is 5.80. The highest BCUT2D eigenvalue weighted by Crippen LogP contribution is 2.20. The standard InChI is InChI=1S/C25H32N6O2/c1-5-6-15-33-22-9-7-21(8-10-22)25(32)30-13-11-29(12-14-30)23-17-24(27-20(4)26-23)31-19(3)16-18(2)28-31/h7-10,16-17H,5-6,11-15H2,1-4H3. The first-order chi connectivity index (χ1) is 15.9. The van der Waals surface area contributed by atoms with Crippen molar-refractivity contribution in [2.45, 2.75) is 40.5 Å². The number of nitrogens with zero attached hydrogens (tertiary/aromatic N) is 6. The first-order valence-corrected chi connectivity index (χ1v) is 11.6. The van der Waals surface area contributed by atoms with Gasteiger partial charge in [-0.05, 0) is 57.5 Å². The molecule has 1 aliphatic heterocycles. The maximum absolute atomic E-state index is 13.0. The van der Waals surface area contributed by atoms with E-state index in [1.807, 2.05) is 66.8 Å². The Balaban J connectivity index is 1.40. The Kier molecular flexibility index (Phi) is 6.91. The van der Waals surface area contributed by atoms with E-state index in [0.717, 1.165) is 54.7 Å². The molecule has 0 radical (unpaired) electrons. The summed E-state index contributed by atoms with van der Waals surface area (Å²) >= 11 is 0. The van der Waals surface area contributed by atoms with E-state index in [4.69, 9.17) is 4.74 Å². The van der Waals surface area contributed by atoms with Crippen LogP contribution in [-0.2, 0) is 0 Å². The summed E-state index contributed by atoms with van der Waals surface area (Å²) in [6, 6.07) is 11.5. The summed E-state index contributed by atoms with van der Waals surface area (Å²) < 4.78 is 7.55. The van der Waals surface area contributed by atoms with E-state index in [0.29, 0.717) is 31.1 Å². The molecule has 8 heteroatoms. The normalized spacial score (nSPS) is 13.9. The molecular weight excluding hydrogens is 416 g/mol. The molecule has 1 aliphatic rings. The van der Waals surface area contributed by atoms with Crippen molar-refractivity contribution < 1.29 is 9.53 Å². The van der Waals surface area contributed by atoms with Gasteiger partial charge in [0, 0.05) is 43.5 Å². The van der Waals surface area contributed by atoms with Crippen LogP contribution in [0.5, 0.6) is 5.75 Å². The molecule has 0 unspecified atom stereocenters. The molecule has 3 aromatic rings. The van der Waals surface area contributed by atoms with Crippen LogP contribution in [0.3, 0.4) is 0 Å². The Morgan fingerprint density at radius 2 is 1.67 bits per heavy atom. The maximum Gasteiger partial charge on any atom is 0.253 e. The molecule has 0 saturated carbocycles. The van der Waals surface area contributed by atoms with Crippen LogP contribution < -0.4 is 9.64 Å². The van der Waals surface area contributed by atoms with Gasteiger partial charge in [-0.25, -0.2) is 14.6 Å². The number of carbonyl (C=O) groups excluding carboxylic acids is 1. The topological polar surface area (TPSA) is 76.4 Å². The maximum atomic E-state index is 13.0. The summed E-state index contributed by atoms with van der Waals surface area (Å²) in [6.07, 6.45) is 2.13. The summed E-state index contributed by atoms with van der Waals surface area (Å²) in [6.45, 7) is 11.5. The lowest BCUT2D eigenvalue weighted by Crippen LogP contribution is -2.49. The molecule has 0 spiro atoms. The van der Waals surface area contributed by atoms with E-state index in [1.165, 1.54) is 0 Å². The molecule has 1 aromatic carbocycles. The summed E-state index contributed by atoms with van der Waals surface area (Å²) in [7, 11) is 0. The van der Waals surface area contributed by atoms with Crippen LogP contribution in [0, 0.1) is 20.8 Å². The predicted molar refractivity (Wildman–Crippen MR) is 128 cm³/mol. The Morgan fingerprint density at radius 3 is 2.30 bits per heavy atom. The van der Waals surface area contributed by atoms with Crippen LogP contribution in [0.15, 0.2) is 36.4 Å². The lowest BCUT2D eigenvalue weighted by molar-refractivity contribution is 0.0746. The fourth-order valence-electron chi connectivity index (χ4n) is 4.02. The third kappa shape index (κ3) is 5.32. The number of anilines is 1. The van der Waals surface area contributed by atoms with Crippen LogP contribution in [0.4, 0.5) is 5.82 Å². The Bertz CT molecular complexity index is 1100. The van der Waals surface area contributed by atoms with E-state index >= 15 is 0 Å². The van der Waals surface area contributed by atoms with Gasteiger partial charge in [0.15, 0.2) is 5.82 Å². The molecule has 1 fully saturated rings. The van der Waals surface area contributed by atoms with E-state index in [1.54, 1.807) is 0 Å². The van der Waals surface area contributed by atoms with E-state index in [-0.39, 0.29) is 5.91 Å². The zero-order chi connectivity index (χ0) is 23.4. The van der Waals surface area contributed by atoms with Crippen LogP contribution >= 0.6 is 0 Å². The minimum absolute atomic E-state index is 0.0527. The van der Waals surface area contributed by atoms with Gasteiger partial charge in [0.2, 0.25) is 0 Å². The summed E-state index contributed by atoms with van der Waals surface area (Å²) in [5.74, 6) is 3.20. The summed E-state index contributed by atoms with van der Waals surface area (Å²) in [5, 5.41) is 4.55. The molecule has 3 heterocycles. The fraction of sp³-hybridized carbons (Fsp3) is 0.440. The minimum Gasteiger partial charge on any atom is -0.494 e. The van der Waals surface area contributed by atoms with Gasteiger partial charge in [-0.3, -0.25) is 4.79 Å². The van der Waals surface area contributed by atoms with Gasteiger partial charge < -0.3 is 14.5 Å². The SMILES string of the molecule is CCCCOc1ccc(C(=O)N2CCN(c3cc(-n4nc(C)cc4C)nc(C)n3)CC2)cc1. The van der Waals surface area contributed by atoms with Crippen molar-refractivity contribution in [3.05, 3.63) is 59.2 Å². The molecule has 33 heavy (non-hydrogen) atoms. The van der Waals surface area contributed by atoms with Crippen LogP contribution in [0.2, 0.25) is 0 Å². The third-order valence-electron chi connectivity index (χ3n) is 5.80. The van der Waals surface area contributed by atoms with Gasteiger partial charge in [0.1, 0.15) is 17.4 Å². The average Bonchev–Trinajstić information content (AvgIpc) is 3.17. The summed E-state index contributed by atoms with van der Waals surface area (Å²) in [5.41, 5.74) is 2.68. The Hall–Kier alpha value is -3.42. The van der Waals surface area contributed by atoms with Crippen molar-refractivity contribution in [3.8, 4) is 11.6 Å². The predicted octanol–water partition coefficient (Wildman–Crippen LogP) is 3.73. The van der Waals surface area contributed by atoms with Gasteiger partial charge in [0.25, 0.3) is 5.91 Å². The molecule has 8 nitrogen and oxygen atoms in total. The largest absolute Gasteiger partial charge is 0.494 e. The van der Waals surface area contributed by atoms with Gasteiger partial charge >= 0.3 is 0 Å². The average molecular weight is 449 g/mol. The van der Waals surface area contributed by atoms with Crippen LogP contribution in [0.1, 0.15) is 47.3 Å². The lowest BCUT2D eigenvalue weighted by atomic mass is 10.1. The molecule has 0 aliphatic carbocycles. The Labute approximate surface area is 195 Å². The van der Waals surface area contributed by atoms with Gasteiger partial charge in [0.05, 0.1) is 12.3 Å². The van der Waals surface area contributed by atoms with E-state index in [2.05, 4.69) is 26.9 Å². The zero-order valence-corrected chi connectivity index (χ0v) is 19.9. The monoisotopic (exact) mass is 448 g/mol. The van der Waals surface area contributed by atoms with Gasteiger partial charge in [-0.1, -0.05) is 13.3 Å². The van der Waals surface area contributed by atoms with Gasteiger partial charge in [-0.15, -0.1) is 0 Å². The van der Waals surface area contributed by atoms with E-state index < -0.39 is 0 Å². The highest BCUT2D eigenvalue weighted by molar-refractivity contribution is 5.94.